The lowest BCUT2D eigenvalue weighted by Crippen LogP contribution is -2.39. The summed E-state index contributed by atoms with van der Waals surface area (Å²) >= 11 is 6.24. The minimum atomic E-state index is -1.03. The predicted molar refractivity (Wildman–Crippen MR) is 127 cm³/mol. The summed E-state index contributed by atoms with van der Waals surface area (Å²) in [6.07, 6.45) is 0. The van der Waals surface area contributed by atoms with Gasteiger partial charge in [0.15, 0.2) is 0 Å². The molecule has 0 saturated heterocycles. The molecule has 3 aromatic rings. The molecule has 1 amide bonds. The summed E-state index contributed by atoms with van der Waals surface area (Å²) in [6.45, 7) is 4.50. The number of rotatable bonds is 6. The Morgan fingerprint density at radius 3 is 2.15 bits per heavy atom. The molecule has 0 saturated carbocycles. The summed E-state index contributed by atoms with van der Waals surface area (Å²) in [6, 6.07) is 14.9. The minimum Gasteiger partial charge on any atom is -0.495 e. The van der Waals surface area contributed by atoms with Gasteiger partial charge in [-0.05, 0) is 68.3 Å². The molecule has 0 unspecified atom stereocenters. The molecule has 178 valence electrons. The van der Waals surface area contributed by atoms with Crippen molar-refractivity contribution in [3.63, 3.8) is 0 Å². The number of carbonyl (C=O) groups excluding carboxylic acids is 2. The maximum Gasteiger partial charge on any atom is 0.326 e. The Morgan fingerprint density at radius 2 is 1.56 bits per heavy atom. The van der Waals surface area contributed by atoms with Gasteiger partial charge >= 0.3 is 5.97 Å². The Kier molecular flexibility index (Phi) is 7.57. The second kappa shape index (κ2) is 10.2. The van der Waals surface area contributed by atoms with Gasteiger partial charge in [0.25, 0.3) is 5.91 Å². The number of hydrogen-bond donors (Lipinski definition) is 0. The molecule has 0 atom stereocenters. The van der Waals surface area contributed by atoms with Crippen molar-refractivity contribution >= 4 is 29.2 Å². The lowest BCUT2D eigenvalue weighted by atomic mass is 10.0. The molecule has 0 aliphatic heterocycles. The van der Waals surface area contributed by atoms with E-state index in [1.165, 1.54) is 7.11 Å². The smallest absolute Gasteiger partial charge is 0.326 e. The minimum absolute atomic E-state index is 0.253. The van der Waals surface area contributed by atoms with E-state index in [4.69, 9.17) is 21.1 Å². The van der Waals surface area contributed by atoms with Crippen LogP contribution in [0, 0.1) is 11.6 Å². The van der Waals surface area contributed by atoms with Gasteiger partial charge in [-0.15, -0.1) is 0 Å². The quantitative estimate of drug-likeness (QED) is 0.384. The number of benzene rings is 3. The van der Waals surface area contributed by atoms with Crippen LogP contribution in [-0.2, 0) is 9.53 Å². The van der Waals surface area contributed by atoms with E-state index in [2.05, 4.69) is 0 Å². The van der Waals surface area contributed by atoms with Crippen LogP contribution in [0.25, 0.3) is 11.1 Å². The molecule has 3 rings (SSSR count). The van der Waals surface area contributed by atoms with Crippen LogP contribution in [-0.4, -0.2) is 31.1 Å². The zero-order valence-electron chi connectivity index (χ0n) is 19.2. The molecule has 0 aliphatic carbocycles. The van der Waals surface area contributed by atoms with Gasteiger partial charge in [0.2, 0.25) is 0 Å². The zero-order valence-corrected chi connectivity index (χ0v) is 20.0. The Morgan fingerprint density at radius 1 is 0.941 bits per heavy atom. The summed E-state index contributed by atoms with van der Waals surface area (Å²) in [7, 11) is 1.50. The molecule has 5 nitrogen and oxygen atoms in total. The molecule has 0 radical (unpaired) electrons. The summed E-state index contributed by atoms with van der Waals surface area (Å²) in [5.74, 6) is -3.30. The number of anilines is 1. The lowest BCUT2D eigenvalue weighted by molar-refractivity contribution is -0.152. The van der Waals surface area contributed by atoms with Crippen molar-refractivity contribution in [3.05, 3.63) is 82.9 Å². The number of esters is 1. The first-order valence-corrected chi connectivity index (χ1v) is 10.8. The highest BCUT2D eigenvalue weighted by Gasteiger charge is 2.28. The Labute approximate surface area is 201 Å². The number of methoxy groups -OCH3 is 1. The van der Waals surface area contributed by atoms with Crippen LogP contribution < -0.4 is 9.64 Å². The maximum atomic E-state index is 14.4. The highest BCUT2D eigenvalue weighted by molar-refractivity contribution is 6.32. The van der Waals surface area contributed by atoms with Crippen molar-refractivity contribution in [2.75, 3.05) is 18.6 Å². The topological polar surface area (TPSA) is 55.8 Å². The predicted octanol–water partition coefficient (Wildman–Crippen LogP) is 6.28. The fraction of sp³-hybridized carbons (Fsp3) is 0.231. The van der Waals surface area contributed by atoms with Gasteiger partial charge in [-0.3, -0.25) is 14.5 Å². The molecular weight excluding hydrogens is 464 g/mol. The van der Waals surface area contributed by atoms with Gasteiger partial charge in [0.05, 0.1) is 12.1 Å². The van der Waals surface area contributed by atoms with Gasteiger partial charge in [0, 0.05) is 5.69 Å². The molecule has 0 spiro atoms. The largest absolute Gasteiger partial charge is 0.495 e. The van der Waals surface area contributed by atoms with E-state index in [1.54, 1.807) is 63.2 Å². The third-order valence-corrected chi connectivity index (χ3v) is 5.07. The van der Waals surface area contributed by atoms with Crippen molar-refractivity contribution in [3.8, 4) is 16.9 Å². The molecule has 0 bridgehead atoms. The maximum absolute atomic E-state index is 14.4. The Bertz CT molecular complexity index is 1200. The molecule has 8 heteroatoms. The number of halogens is 3. The van der Waals surface area contributed by atoms with Crippen LogP contribution in [0.4, 0.5) is 14.5 Å². The summed E-state index contributed by atoms with van der Waals surface area (Å²) in [5.41, 5.74) is 0.0656. The van der Waals surface area contributed by atoms with E-state index >= 15 is 0 Å². The lowest BCUT2D eigenvalue weighted by Gasteiger charge is -2.26. The first kappa shape index (κ1) is 25.2. The fourth-order valence-electron chi connectivity index (χ4n) is 3.32. The second-order valence-electron chi connectivity index (χ2n) is 8.47. The van der Waals surface area contributed by atoms with Crippen molar-refractivity contribution in [1.29, 1.82) is 0 Å². The van der Waals surface area contributed by atoms with Crippen LogP contribution in [0.3, 0.4) is 0 Å². The number of amides is 1. The molecule has 3 aromatic carbocycles. The molecule has 0 heterocycles. The first-order chi connectivity index (χ1) is 16.0. The molecule has 0 aromatic heterocycles. The van der Waals surface area contributed by atoms with Crippen LogP contribution in [0.2, 0.25) is 5.02 Å². The van der Waals surface area contributed by atoms with Crippen LogP contribution >= 0.6 is 11.6 Å². The second-order valence-corrected chi connectivity index (χ2v) is 8.88. The van der Waals surface area contributed by atoms with Crippen LogP contribution in [0.15, 0.2) is 60.7 Å². The van der Waals surface area contributed by atoms with E-state index < -0.39 is 41.2 Å². The van der Waals surface area contributed by atoms with E-state index in [-0.39, 0.29) is 5.69 Å². The molecule has 0 fully saturated rings. The van der Waals surface area contributed by atoms with Crippen LogP contribution in [0.1, 0.15) is 31.1 Å². The summed E-state index contributed by atoms with van der Waals surface area (Å²) < 4.78 is 39.3. The van der Waals surface area contributed by atoms with Crippen LogP contribution in [0.5, 0.6) is 5.75 Å². The van der Waals surface area contributed by atoms with Gasteiger partial charge in [-0.25, -0.2) is 8.78 Å². The number of hydrogen-bond acceptors (Lipinski definition) is 4. The number of nitrogens with zero attached hydrogens (tertiary/aromatic N) is 1. The van der Waals surface area contributed by atoms with E-state index in [0.29, 0.717) is 16.3 Å². The third kappa shape index (κ3) is 5.91. The highest BCUT2D eigenvalue weighted by Crippen LogP contribution is 2.32. The summed E-state index contributed by atoms with van der Waals surface area (Å²) in [4.78, 5) is 26.8. The SMILES string of the molecule is COc1ccc(-c2cccc(N(CC(=O)OC(C)(C)C)C(=O)c3c(F)cccc3F)c2)cc1Cl. The average molecular weight is 488 g/mol. The molecule has 0 aliphatic rings. The Hall–Kier alpha value is -3.45. The normalized spacial score (nSPS) is 11.1. The standard InChI is InChI=1S/C26H24ClF2NO4/c1-26(2,3)34-23(31)15-30(25(32)24-20(28)9-6-10-21(24)29)18-8-5-7-16(13-18)17-11-12-22(33-4)19(27)14-17/h5-14H,15H2,1-4H3. The van der Waals surface area contributed by atoms with E-state index in [0.717, 1.165) is 28.7 Å². The van der Waals surface area contributed by atoms with Crippen molar-refractivity contribution in [2.45, 2.75) is 26.4 Å². The molecular formula is C26H24ClF2NO4. The monoisotopic (exact) mass is 487 g/mol. The van der Waals surface area contributed by atoms with Gasteiger partial charge in [-0.2, -0.15) is 0 Å². The Balaban J connectivity index is 2.06. The average Bonchev–Trinajstić information content (AvgIpc) is 2.76. The van der Waals surface area contributed by atoms with E-state index in [9.17, 15) is 18.4 Å². The highest BCUT2D eigenvalue weighted by atomic mass is 35.5. The van der Waals surface area contributed by atoms with Gasteiger partial charge in [0.1, 0.15) is 35.1 Å². The molecule has 0 N–H and O–H groups in total. The zero-order chi connectivity index (χ0) is 25.0. The van der Waals surface area contributed by atoms with E-state index in [1.807, 2.05) is 0 Å². The first-order valence-electron chi connectivity index (χ1n) is 10.4. The van der Waals surface area contributed by atoms with Gasteiger partial charge < -0.3 is 9.47 Å². The van der Waals surface area contributed by atoms with Crippen molar-refractivity contribution in [1.82, 2.24) is 0 Å². The molecule has 34 heavy (non-hydrogen) atoms. The number of carbonyl (C=O) groups is 2. The number of ether oxygens (including phenoxy) is 2. The van der Waals surface area contributed by atoms with Crippen molar-refractivity contribution < 1.29 is 27.8 Å². The fourth-order valence-corrected chi connectivity index (χ4v) is 3.58. The van der Waals surface area contributed by atoms with Crippen molar-refractivity contribution in [2.24, 2.45) is 0 Å². The van der Waals surface area contributed by atoms with Gasteiger partial charge in [-0.1, -0.05) is 35.9 Å². The third-order valence-electron chi connectivity index (χ3n) is 4.77. The summed E-state index contributed by atoms with van der Waals surface area (Å²) in [5, 5.41) is 0.389.